The molecule has 4 N–H and O–H groups in total. The Kier molecular flexibility index (Phi) is 9.01. The van der Waals surface area contributed by atoms with Crippen molar-refractivity contribution in [2.75, 3.05) is 11.9 Å². The molecule has 0 aliphatic rings. The van der Waals surface area contributed by atoms with E-state index in [0.29, 0.717) is 23.4 Å². The third kappa shape index (κ3) is 7.08. The molecule has 0 saturated carbocycles. The maximum Gasteiger partial charge on any atom is 0.322 e. The molecular formula is C29H25N5O7S3. The number of H-pyrrole nitrogens is 1. The SMILES string of the molecule is O=C(O)[C@H](Cc1nc2ccc(/C=C/CNc3ccccn3)cc2c(=O)[nH]1)NS(=O)(=O)c1ccc(S(=O)(=O)c2ccccc2)s1. The quantitative estimate of drug-likeness (QED) is 0.156. The molecule has 0 bridgehead atoms. The van der Waals surface area contributed by atoms with Crippen LogP contribution in [0.1, 0.15) is 11.4 Å². The number of nitrogens with one attached hydrogen (secondary N) is 3. The molecule has 5 rings (SSSR count). The lowest BCUT2D eigenvalue weighted by atomic mass is 10.1. The first-order valence-electron chi connectivity index (χ1n) is 13.0. The third-order valence-corrected chi connectivity index (χ3v) is 11.6. The topological polar surface area (TPSA) is 188 Å². The van der Waals surface area contributed by atoms with Gasteiger partial charge in [-0.1, -0.05) is 42.5 Å². The van der Waals surface area contributed by atoms with Gasteiger partial charge < -0.3 is 15.4 Å². The number of benzene rings is 2. The van der Waals surface area contributed by atoms with E-state index in [0.717, 1.165) is 23.5 Å². The average molecular weight is 652 g/mol. The molecule has 0 saturated heterocycles. The molecule has 0 fully saturated rings. The van der Waals surface area contributed by atoms with Crippen molar-refractivity contribution in [3.05, 3.63) is 113 Å². The van der Waals surface area contributed by atoms with E-state index in [1.165, 1.54) is 12.1 Å². The van der Waals surface area contributed by atoms with Gasteiger partial charge in [-0.2, -0.15) is 4.72 Å². The molecule has 3 heterocycles. The van der Waals surface area contributed by atoms with Crippen LogP contribution in [0.2, 0.25) is 0 Å². The normalized spacial score (nSPS) is 12.8. The Morgan fingerprint density at radius 3 is 2.45 bits per heavy atom. The highest BCUT2D eigenvalue weighted by Crippen LogP contribution is 2.30. The Morgan fingerprint density at radius 2 is 1.73 bits per heavy atom. The highest BCUT2D eigenvalue weighted by atomic mass is 32.3. The zero-order valence-corrected chi connectivity index (χ0v) is 25.2. The number of sulfone groups is 1. The maximum absolute atomic E-state index is 13.1. The Hall–Kier alpha value is -4.70. The molecule has 1 atom stereocenters. The first-order valence-corrected chi connectivity index (χ1v) is 16.8. The number of aliphatic carboxylic acids is 1. The van der Waals surface area contributed by atoms with Crippen LogP contribution < -0.4 is 15.6 Å². The summed E-state index contributed by atoms with van der Waals surface area (Å²) in [6, 6.07) is 18.6. The standard InChI is InChI=1S/C29H25N5O7S3/c35-28-21-17-19(7-6-16-31-24-10-4-5-15-30-24)11-12-22(21)32-25(33-28)18-23(29(36)37)34-44(40,41)27-14-13-26(42-27)43(38,39)20-8-2-1-3-9-20/h1-15,17,23,34H,16,18H2,(H,30,31)(H,36,37)(H,32,33,35)/b7-6+/t23-/m0/s1. The number of carbonyl (C=O) groups is 1. The summed E-state index contributed by atoms with van der Waals surface area (Å²) in [4.78, 5) is 35.9. The summed E-state index contributed by atoms with van der Waals surface area (Å²) in [7, 11) is -8.42. The third-order valence-electron chi connectivity index (χ3n) is 6.29. The van der Waals surface area contributed by atoms with E-state index in [4.69, 9.17) is 0 Å². The van der Waals surface area contributed by atoms with Crippen LogP contribution in [-0.4, -0.2) is 55.4 Å². The highest BCUT2D eigenvalue weighted by Gasteiger charge is 2.29. The number of hydrogen-bond donors (Lipinski definition) is 4. The predicted molar refractivity (Wildman–Crippen MR) is 166 cm³/mol. The Bertz CT molecular complexity index is 2110. The largest absolute Gasteiger partial charge is 0.480 e. The number of carboxylic acids is 1. The number of anilines is 1. The van der Waals surface area contributed by atoms with Gasteiger partial charge in [0.2, 0.25) is 9.84 Å². The van der Waals surface area contributed by atoms with E-state index in [-0.39, 0.29) is 24.5 Å². The van der Waals surface area contributed by atoms with Crippen molar-refractivity contribution < 1.29 is 26.7 Å². The number of carboxylic acid groups (broad SMARTS) is 1. The van der Waals surface area contributed by atoms with E-state index >= 15 is 0 Å². The molecular weight excluding hydrogens is 627 g/mol. The minimum absolute atomic E-state index is 0.00531. The van der Waals surface area contributed by atoms with Crippen molar-refractivity contribution in [2.24, 2.45) is 0 Å². The van der Waals surface area contributed by atoms with Crippen molar-refractivity contribution in [3.8, 4) is 0 Å². The highest BCUT2D eigenvalue weighted by molar-refractivity contribution is 7.95. The second-order valence-electron chi connectivity index (χ2n) is 9.39. The van der Waals surface area contributed by atoms with E-state index in [2.05, 4.69) is 25.0 Å². The number of nitrogens with zero attached hydrogens (tertiary/aromatic N) is 2. The Labute approximate surface area is 256 Å². The average Bonchev–Trinajstić information content (AvgIpc) is 3.53. The summed E-state index contributed by atoms with van der Waals surface area (Å²) in [6.07, 6.45) is 4.89. The van der Waals surface area contributed by atoms with Crippen LogP contribution in [0.4, 0.5) is 5.82 Å². The van der Waals surface area contributed by atoms with E-state index < -0.39 is 43.9 Å². The van der Waals surface area contributed by atoms with Crippen molar-refractivity contribution in [1.82, 2.24) is 19.7 Å². The minimum Gasteiger partial charge on any atom is -0.480 e. The molecule has 3 aromatic heterocycles. The molecule has 5 aromatic rings. The molecule has 0 unspecified atom stereocenters. The fraction of sp³-hybridized carbons (Fsp3) is 0.103. The lowest BCUT2D eigenvalue weighted by molar-refractivity contribution is -0.139. The maximum atomic E-state index is 13.1. The summed E-state index contributed by atoms with van der Waals surface area (Å²) in [5.41, 5.74) is 0.516. The summed E-state index contributed by atoms with van der Waals surface area (Å²) >= 11 is 0.496. The van der Waals surface area contributed by atoms with Crippen molar-refractivity contribution in [2.45, 2.75) is 25.8 Å². The van der Waals surface area contributed by atoms with Crippen LogP contribution in [0, 0.1) is 0 Å². The van der Waals surface area contributed by atoms with Crippen LogP contribution >= 0.6 is 11.3 Å². The van der Waals surface area contributed by atoms with Gasteiger partial charge in [-0.05, 0) is 54.1 Å². The van der Waals surface area contributed by atoms with Gasteiger partial charge in [0.05, 0.1) is 15.8 Å². The summed E-state index contributed by atoms with van der Waals surface area (Å²) in [5.74, 6) is -0.828. The number of aromatic nitrogens is 3. The van der Waals surface area contributed by atoms with Gasteiger partial charge in [0.15, 0.2) is 0 Å². The summed E-state index contributed by atoms with van der Waals surface area (Å²) < 4.78 is 53.4. The van der Waals surface area contributed by atoms with E-state index in [1.807, 2.05) is 30.4 Å². The van der Waals surface area contributed by atoms with Gasteiger partial charge in [-0.15, -0.1) is 11.3 Å². The monoisotopic (exact) mass is 651 g/mol. The molecule has 2 aromatic carbocycles. The molecule has 15 heteroatoms. The van der Waals surface area contributed by atoms with Gasteiger partial charge in [0.25, 0.3) is 15.6 Å². The van der Waals surface area contributed by atoms with E-state index in [9.17, 15) is 31.5 Å². The summed E-state index contributed by atoms with van der Waals surface area (Å²) in [6.45, 7) is 0.505. The lowest BCUT2D eigenvalue weighted by Gasteiger charge is -2.14. The van der Waals surface area contributed by atoms with Crippen LogP contribution in [0.25, 0.3) is 17.0 Å². The molecule has 0 radical (unpaired) electrons. The second-order valence-corrected chi connectivity index (χ2v) is 14.6. The van der Waals surface area contributed by atoms with Crippen LogP contribution in [0.3, 0.4) is 0 Å². The van der Waals surface area contributed by atoms with E-state index in [1.54, 1.807) is 42.6 Å². The molecule has 0 amide bonds. The smallest absolute Gasteiger partial charge is 0.322 e. The van der Waals surface area contributed by atoms with Gasteiger partial charge in [-0.25, -0.2) is 26.8 Å². The Balaban J connectivity index is 1.30. The van der Waals surface area contributed by atoms with Crippen molar-refractivity contribution >= 4 is 60.0 Å². The van der Waals surface area contributed by atoms with Gasteiger partial charge in [0, 0.05) is 19.2 Å². The van der Waals surface area contributed by atoms with Gasteiger partial charge in [-0.3, -0.25) is 9.59 Å². The van der Waals surface area contributed by atoms with Crippen LogP contribution in [0.15, 0.2) is 109 Å². The molecule has 0 spiro atoms. The fourth-order valence-electron chi connectivity index (χ4n) is 4.16. The van der Waals surface area contributed by atoms with Crippen molar-refractivity contribution in [1.29, 1.82) is 0 Å². The number of sulfonamides is 1. The second kappa shape index (κ2) is 12.9. The summed E-state index contributed by atoms with van der Waals surface area (Å²) in [5, 5.41) is 13.2. The lowest BCUT2D eigenvalue weighted by Crippen LogP contribution is -2.42. The minimum atomic E-state index is -4.45. The van der Waals surface area contributed by atoms with Gasteiger partial charge in [0.1, 0.15) is 26.1 Å². The first kappa shape index (κ1) is 30.7. The molecule has 44 heavy (non-hydrogen) atoms. The first-order chi connectivity index (χ1) is 21.0. The Morgan fingerprint density at radius 1 is 0.977 bits per heavy atom. The molecule has 226 valence electrons. The fourth-order valence-corrected chi connectivity index (χ4v) is 8.55. The van der Waals surface area contributed by atoms with Crippen molar-refractivity contribution in [3.63, 3.8) is 0 Å². The predicted octanol–water partition coefficient (Wildman–Crippen LogP) is 3.31. The number of fused-ring (bicyclic) bond motifs is 1. The van der Waals surface area contributed by atoms with Crippen LogP contribution in [0.5, 0.6) is 0 Å². The van der Waals surface area contributed by atoms with Gasteiger partial charge >= 0.3 is 5.97 Å². The zero-order valence-electron chi connectivity index (χ0n) is 22.7. The number of pyridine rings is 1. The number of hydrogen-bond acceptors (Lipinski definition) is 10. The molecule has 0 aliphatic heterocycles. The zero-order chi connectivity index (χ0) is 31.3. The molecule has 12 nitrogen and oxygen atoms in total. The van der Waals surface area contributed by atoms with Crippen LogP contribution in [-0.2, 0) is 31.1 Å². The number of rotatable bonds is 12. The number of thiophene rings is 1. The molecule has 0 aliphatic carbocycles. The number of aromatic amines is 1.